The highest BCUT2D eigenvalue weighted by molar-refractivity contribution is 7.12. The molecule has 0 saturated heterocycles. The van der Waals surface area contributed by atoms with E-state index in [0.717, 1.165) is 5.13 Å². The topological polar surface area (TPSA) is 47.8 Å². The summed E-state index contributed by atoms with van der Waals surface area (Å²) in [6.45, 7) is 1.51. The Morgan fingerprint density at radius 1 is 1.62 bits per heavy atom. The van der Waals surface area contributed by atoms with Crippen molar-refractivity contribution in [2.75, 3.05) is 0 Å². The van der Waals surface area contributed by atoms with E-state index in [1.807, 2.05) is 0 Å². The number of hydrogen-bond acceptors (Lipinski definition) is 4. The first-order valence-corrected chi connectivity index (χ1v) is 4.60. The second-order valence-corrected chi connectivity index (χ2v) is 3.38. The molecule has 0 amide bonds. The van der Waals surface area contributed by atoms with Crippen LogP contribution in [0.2, 0.25) is 0 Å². The highest BCUT2D eigenvalue weighted by Crippen LogP contribution is 2.14. The lowest BCUT2D eigenvalue weighted by atomic mass is 10.4. The molecule has 2 rings (SSSR count). The van der Waals surface area contributed by atoms with Gasteiger partial charge in [0.15, 0.2) is 10.9 Å². The molecule has 0 aliphatic rings. The normalized spacial score (nSPS) is 10.2. The molecular weight excluding hydrogens is 186 g/mol. The van der Waals surface area contributed by atoms with Crippen LogP contribution in [-0.4, -0.2) is 20.3 Å². The van der Waals surface area contributed by atoms with Gasteiger partial charge in [0.1, 0.15) is 12.0 Å². The maximum Gasteiger partial charge on any atom is 0.195 e. The molecule has 4 nitrogen and oxygen atoms in total. The molecule has 0 N–H and O–H groups in total. The van der Waals surface area contributed by atoms with Crippen LogP contribution in [0, 0.1) is 0 Å². The first-order chi connectivity index (χ1) is 6.27. The van der Waals surface area contributed by atoms with Crippen molar-refractivity contribution in [2.24, 2.45) is 0 Å². The van der Waals surface area contributed by atoms with Gasteiger partial charge in [-0.2, -0.15) is 0 Å². The summed E-state index contributed by atoms with van der Waals surface area (Å²) in [6, 6.07) is 0. The van der Waals surface area contributed by atoms with Crippen LogP contribution in [0.4, 0.5) is 0 Å². The fourth-order valence-electron chi connectivity index (χ4n) is 0.917. The first kappa shape index (κ1) is 8.12. The lowest BCUT2D eigenvalue weighted by Gasteiger charge is -1.91. The number of thiazole rings is 1. The molecule has 0 unspecified atom stereocenters. The summed E-state index contributed by atoms with van der Waals surface area (Å²) in [5.41, 5.74) is 0.508. The van der Waals surface area contributed by atoms with E-state index in [2.05, 4.69) is 9.97 Å². The van der Waals surface area contributed by atoms with Crippen molar-refractivity contribution in [3.05, 3.63) is 29.8 Å². The van der Waals surface area contributed by atoms with Crippen molar-refractivity contribution in [3.63, 3.8) is 0 Å². The minimum Gasteiger partial charge on any atom is -0.293 e. The van der Waals surface area contributed by atoms with E-state index < -0.39 is 0 Å². The van der Waals surface area contributed by atoms with Gasteiger partial charge in [0.05, 0.1) is 0 Å². The van der Waals surface area contributed by atoms with Crippen molar-refractivity contribution in [1.82, 2.24) is 14.5 Å². The minimum atomic E-state index is -0.0115. The van der Waals surface area contributed by atoms with Gasteiger partial charge in [-0.15, -0.1) is 11.3 Å². The van der Waals surface area contributed by atoms with Crippen molar-refractivity contribution >= 4 is 17.1 Å². The second kappa shape index (κ2) is 3.10. The summed E-state index contributed by atoms with van der Waals surface area (Å²) in [5, 5.41) is 2.51. The summed E-state index contributed by atoms with van der Waals surface area (Å²) in [6.07, 6.45) is 5.13. The SMILES string of the molecule is CC(=O)c1csc(-n2ccnc2)n1. The summed E-state index contributed by atoms with van der Waals surface area (Å²) in [5.74, 6) is -0.0115. The lowest BCUT2D eigenvalue weighted by molar-refractivity contribution is 0.101. The van der Waals surface area contributed by atoms with E-state index in [1.165, 1.54) is 18.3 Å². The largest absolute Gasteiger partial charge is 0.293 e. The number of rotatable bonds is 2. The molecule has 0 radical (unpaired) electrons. The number of imidazole rings is 1. The Labute approximate surface area is 78.9 Å². The van der Waals surface area contributed by atoms with Crippen molar-refractivity contribution in [1.29, 1.82) is 0 Å². The summed E-state index contributed by atoms with van der Waals surface area (Å²) in [7, 11) is 0. The fraction of sp³-hybridized carbons (Fsp3) is 0.125. The molecule has 2 aromatic heterocycles. The zero-order chi connectivity index (χ0) is 9.26. The molecule has 0 bridgehead atoms. The monoisotopic (exact) mass is 193 g/mol. The number of Topliss-reactive ketones (excluding diaryl/α,β-unsaturated/α-hetero) is 1. The van der Waals surface area contributed by atoms with Crippen LogP contribution in [0.15, 0.2) is 24.1 Å². The maximum atomic E-state index is 10.9. The molecule has 0 spiro atoms. The first-order valence-electron chi connectivity index (χ1n) is 3.72. The average molecular weight is 193 g/mol. The minimum absolute atomic E-state index is 0.0115. The fourth-order valence-corrected chi connectivity index (χ4v) is 1.73. The Morgan fingerprint density at radius 3 is 3.00 bits per heavy atom. The number of carbonyl (C=O) groups excluding carboxylic acids is 1. The number of ketones is 1. The molecule has 66 valence electrons. The zero-order valence-corrected chi connectivity index (χ0v) is 7.78. The van der Waals surface area contributed by atoms with Crippen LogP contribution in [0.3, 0.4) is 0 Å². The summed E-state index contributed by atoms with van der Waals surface area (Å²) in [4.78, 5) is 19.0. The van der Waals surface area contributed by atoms with Crippen molar-refractivity contribution < 1.29 is 4.79 Å². The molecule has 0 saturated carbocycles. The van der Waals surface area contributed by atoms with Gasteiger partial charge in [0, 0.05) is 24.7 Å². The zero-order valence-electron chi connectivity index (χ0n) is 6.97. The third-order valence-corrected chi connectivity index (χ3v) is 2.43. The van der Waals surface area contributed by atoms with Gasteiger partial charge in [-0.1, -0.05) is 0 Å². The lowest BCUT2D eigenvalue weighted by Crippen LogP contribution is -1.94. The van der Waals surface area contributed by atoms with E-state index in [4.69, 9.17) is 0 Å². The molecule has 0 aromatic carbocycles. The number of nitrogens with zero attached hydrogens (tertiary/aromatic N) is 3. The van der Waals surface area contributed by atoms with Crippen LogP contribution < -0.4 is 0 Å². The molecule has 13 heavy (non-hydrogen) atoms. The smallest absolute Gasteiger partial charge is 0.195 e. The van der Waals surface area contributed by atoms with Crippen LogP contribution >= 0.6 is 11.3 Å². The van der Waals surface area contributed by atoms with Gasteiger partial charge in [0.2, 0.25) is 0 Å². The van der Waals surface area contributed by atoms with Crippen LogP contribution in [-0.2, 0) is 0 Å². The maximum absolute atomic E-state index is 10.9. The van der Waals surface area contributed by atoms with Crippen LogP contribution in [0.5, 0.6) is 0 Å². The van der Waals surface area contributed by atoms with Gasteiger partial charge in [-0.25, -0.2) is 9.97 Å². The molecule has 0 atom stereocenters. The van der Waals surface area contributed by atoms with Crippen molar-refractivity contribution in [3.8, 4) is 5.13 Å². The highest BCUT2D eigenvalue weighted by Gasteiger charge is 2.06. The summed E-state index contributed by atoms with van der Waals surface area (Å²) >= 11 is 1.43. The standard InChI is InChI=1S/C8H7N3OS/c1-6(12)7-4-13-8(10-7)11-3-2-9-5-11/h2-5H,1H3. The highest BCUT2D eigenvalue weighted by atomic mass is 32.1. The van der Waals surface area contributed by atoms with E-state index in [9.17, 15) is 4.79 Å². The summed E-state index contributed by atoms with van der Waals surface area (Å²) < 4.78 is 1.77. The number of aromatic nitrogens is 3. The molecule has 2 aromatic rings. The number of hydrogen-bond donors (Lipinski definition) is 0. The van der Waals surface area contributed by atoms with Crippen molar-refractivity contribution in [2.45, 2.75) is 6.92 Å². The Kier molecular flexibility index (Phi) is 1.94. The molecule has 0 aliphatic heterocycles. The molecular formula is C8H7N3OS. The quantitative estimate of drug-likeness (QED) is 0.679. The van der Waals surface area contributed by atoms with Crippen LogP contribution in [0.1, 0.15) is 17.4 Å². The number of carbonyl (C=O) groups is 1. The van der Waals surface area contributed by atoms with Gasteiger partial charge in [0.25, 0.3) is 0 Å². The third-order valence-electron chi connectivity index (χ3n) is 1.58. The Hall–Kier alpha value is -1.49. The van der Waals surface area contributed by atoms with E-state index >= 15 is 0 Å². The van der Waals surface area contributed by atoms with E-state index in [0.29, 0.717) is 5.69 Å². The van der Waals surface area contributed by atoms with Gasteiger partial charge in [-0.3, -0.25) is 9.36 Å². The van der Waals surface area contributed by atoms with Gasteiger partial charge in [-0.05, 0) is 0 Å². The molecule has 0 aliphatic carbocycles. The third kappa shape index (κ3) is 1.50. The Balaban J connectivity index is 2.39. The molecule has 0 fully saturated rings. The Morgan fingerprint density at radius 2 is 2.46 bits per heavy atom. The average Bonchev–Trinajstić information content (AvgIpc) is 2.75. The second-order valence-electron chi connectivity index (χ2n) is 2.54. The predicted molar refractivity (Wildman–Crippen MR) is 49.2 cm³/mol. The molecule has 2 heterocycles. The van der Waals surface area contributed by atoms with E-state index in [-0.39, 0.29) is 5.78 Å². The molecule has 5 heteroatoms. The van der Waals surface area contributed by atoms with E-state index in [1.54, 1.807) is 28.7 Å². The van der Waals surface area contributed by atoms with Gasteiger partial charge >= 0.3 is 0 Å². The predicted octanol–water partition coefficient (Wildman–Crippen LogP) is 1.53. The van der Waals surface area contributed by atoms with Crippen LogP contribution in [0.25, 0.3) is 5.13 Å². The van der Waals surface area contributed by atoms with Gasteiger partial charge < -0.3 is 0 Å². The Bertz CT molecular complexity index is 418.